The summed E-state index contributed by atoms with van der Waals surface area (Å²) >= 11 is 0. The summed E-state index contributed by atoms with van der Waals surface area (Å²) in [5.41, 5.74) is 2.24. The highest BCUT2D eigenvalue weighted by Gasteiger charge is 2.08. The molecule has 0 spiro atoms. The molecular formula is C23H30IN5O2. The number of aryl methyl sites for hydroxylation is 1. The number of aliphatic imine (C=N–C) groups is 1. The van der Waals surface area contributed by atoms with E-state index in [-0.39, 0.29) is 24.0 Å². The van der Waals surface area contributed by atoms with Gasteiger partial charge in [-0.2, -0.15) is 0 Å². The number of hydrogen-bond donors (Lipinski definition) is 1. The van der Waals surface area contributed by atoms with Gasteiger partial charge in [-0.05, 0) is 36.8 Å². The van der Waals surface area contributed by atoms with E-state index in [1.807, 2.05) is 62.8 Å². The summed E-state index contributed by atoms with van der Waals surface area (Å²) in [4.78, 5) is 11.3. The first-order valence-corrected chi connectivity index (χ1v) is 9.95. The molecule has 1 N–H and O–H groups in total. The molecule has 2 aromatic heterocycles. The van der Waals surface area contributed by atoms with Gasteiger partial charge in [0.1, 0.15) is 11.5 Å². The molecule has 2 heterocycles. The molecule has 0 aliphatic heterocycles. The maximum absolute atomic E-state index is 5.80. The van der Waals surface area contributed by atoms with Gasteiger partial charge in [-0.1, -0.05) is 12.1 Å². The van der Waals surface area contributed by atoms with E-state index in [0.717, 1.165) is 30.4 Å². The fraction of sp³-hybridized carbons (Fsp3) is 0.304. The molecule has 0 aliphatic rings. The SMILES string of the molecule is CCNC(=NCc1ccc(Oc2cccc(OC)c2)nc1)N(C)Cc1cccn1C.I. The molecule has 0 bridgehead atoms. The molecule has 7 nitrogen and oxygen atoms in total. The molecule has 166 valence electrons. The number of methoxy groups -OCH3 is 1. The highest BCUT2D eigenvalue weighted by atomic mass is 127. The van der Waals surface area contributed by atoms with Crippen LogP contribution < -0.4 is 14.8 Å². The maximum Gasteiger partial charge on any atom is 0.219 e. The zero-order chi connectivity index (χ0) is 21.3. The lowest BCUT2D eigenvalue weighted by atomic mass is 10.3. The first kappa shape index (κ1) is 24.5. The number of halogens is 1. The van der Waals surface area contributed by atoms with Crippen LogP contribution in [-0.4, -0.2) is 41.1 Å². The summed E-state index contributed by atoms with van der Waals surface area (Å²) in [5, 5.41) is 3.35. The Hall–Kier alpha value is -2.75. The van der Waals surface area contributed by atoms with E-state index in [9.17, 15) is 0 Å². The Kier molecular flexibility index (Phi) is 9.64. The summed E-state index contributed by atoms with van der Waals surface area (Å²) in [5.74, 6) is 2.82. The smallest absolute Gasteiger partial charge is 0.219 e. The number of rotatable bonds is 8. The fourth-order valence-corrected chi connectivity index (χ4v) is 2.96. The van der Waals surface area contributed by atoms with Crippen LogP contribution >= 0.6 is 24.0 Å². The van der Waals surface area contributed by atoms with Crippen molar-refractivity contribution in [3.05, 3.63) is 72.2 Å². The van der Waals surface area contributed by atoms with Crippen molar-refractivity contribution in [3.63, 3.8) is 0 Å². The van der Waals surface area contributed by atoms with Crippen LogP contribution in [0.3, 0.4) is 0 Å². The minimum Gasteiger partial charge on any atom is -0.497 e. The van der Waals surface area contributed by atoms with Gasteiger partial charge >= 0.3 is 0 Å². The van der Waals surface area contributed by atoms with Crippen LogP contribution in [0.4, 0.5) is 0 Å². The maximum atomic E-state index is 5.80. The van der Waals surface area contributed by atoms with Crippen molar-refractivity contribution in [2.24, 2.45) is 12.0 Å². The molecule has 0 saturated carbocycles. The van der Waals surface area contributed by atoms with Gasteiger partial charge in [0.15, 0.2) is 5.96 Å². The Morgan fingerprint density at radius 1 is 1.16 bits per heavy atom. The Balaban J connectivity index is 0.00000341. The molecule has 3 rings (SSSR count). The minimum absolute atomic E-state index is 0. The van der Waals surface area contributed by atoms with E-state index in [0.29, 0.717) is 18.2 Å². The third kappa shape index (κ3) is 7.16. The molecule has 0 unspecified atom stereocenters. The Bertz CT molecular complexity index is 972. The number of aromatic nitrogens is 2. The number of hydrogen-bond acceptors (Lipinski definition) is 4. The van der Waals surface area contributed by atoms with Gasteiger partial charge in [-0.3, -0.25) is 0 Å². The van der Waals surface area contributed by atoms with Crippen molar-refractivity contribution >= 4 is 29.9 Å². The highest BCUT2D eigenvalue weighted by molar-refractivity contribution is 14.0. The third-order valence-electron chi connectivity index (χ3n) is 4.62. The molecule has 0 fully saturated rings. The largest absolute Gasteiger partial charge is 0.497 e. The van der Waals surface area contributed by atoms with Gasteiger partial charge < -0.3 is 24.3 Å². The van der Waals surface area contributed by atoms with Crippen LogP contribution in [0.25, 0.3) is 0 Å². The number of guanidine groups is 1. The molecule has 0 saturated heterocycles. The Morgan fingerprint density at radius 3 is 2.61 bits per heavy atom. The number of benzene rings is 1. The average Bonchev–Trinajstić information content (AvgIpc) is 3.16. The monoisotopic (exact) mass is 535 g/mol. The van der Waals surface area contributed by atoms with Crippen molar-refractivity contribution in [1.82, 2.24) is 19.8 Å². The van der Waals surface area contributed by atoms with Crippen LogP contribution in [0.15, 0.2) is 65.9 Å². The van der Waals surface area contributed by atoms with Crippen molar-refractivity contribution < 1.29 is 9.47 Å². The number of nitrogens with zero attached hydrogens (tertiary/aromatic N) is 4. The van der Waals surface area contributed by atoms with E-state index in [2.05, 4.69) is 32.8 Å². The van der Waals surface area contributed by atoms with Gasteiger partial charge in [0.2, 0.25) is 5.88 Å². The normalized spacial score (nSPS) is 10.9. The van der Waals surface area contributed by atoms with E-state index >= 15 is 0 Å². The Labute approximate surface area is 201 Å². The van der Waals surface area contributed by atoms with Gasteiger partial charge in [-0.15, -0.1) is 24.0 Å². The molecule has 0 aliphatic carbocycles. The van der Waals surface area contributed by atoms with E-state index in [1.165, 1.54) is 5.69 Å². The van der Waals surface area contributed by atoms with Crippen LogP contribution in [0.2, 0.25) is 0 Å². The van der Waals surface area contributed by atoms with Gasteiger partial charge in [0, 0.05) is 50.9 Å². The summed E-state index contributed by atoms with van der Waals surface area (Å²) < 4.78 is 13.1. The lowest BCUT2D eigenvalue weighted by Gasteiger charge is -2.22. The van der Waals surface area contributed by atoms with Crippen molar-refractivity contribution in [3.8, 4) is 17.4 Å². The Morgan fingerprint density at radius 2 is 1.97 bits per heavy atom. The van der Waals surface area contributed by atoms with Gasteiger partial charge in [0.25, 0.3) is 0 Å². The molecule has 8 heteroatoms. The number of nitrogens with one attached hydrogen (secondary N) is 1. The highest BCUT2D eigenvalue weighted by Crippen LogP contribution is 2.23. The predicted molar refractivity (Wildman–Crippen MR) is 134 cm³/mol. The molecule has 1 aromatic carbocycles. The number of pyridine rings is 1. The van der Waals surface area contributed by atoms with E-state index in [4.69, 9.17) is 14.5 Å². The molecule has 31 heavy (non-hydrogen) atoms. The second-order valence-corrected chi connectivity index (χ2v) is 6.92. The van der Waals surface area contributed by atoms with Crippen molar-refractivity contribution in [2.45, 2.75) is 20.0 Å². The third-order valence-corrected chi connectivity index (χ3v) is 4.62. The summed E-state index contributed by atoms with van der Waals surface area (Å²) in [6.07, 6.45) is 3.84. The standard InChI is InChI=1S/C23H29N5O2.HI/c1-5-24-23(28(3)17-19-8-7-13-27(19)2)26-16-18-11-12-22(25-15-18)30-21-10-6-9-20(14-21)29-4;/h6-15H,5,16-17H2,1-4H3,(H,24,26);1H. The summed E-state index contributed by atoms with van der Waals surface area (Å²) in [6, 6.07) is 15.4. The average molecular weight is 535 g/mol. The molecular weight excluding hydrogens is 505 g/mol. The summed E-state index contributed by atoms with van der Waals surface area (Å²) in [7, 11) is 5.72. The van der Waals surface area contributed by atoms with Crippen LogP contribution in [0.1, 0.15) is 18.2 Å². The van der Waals surface area contributed by atoms with Gasteiger partial charge in [-0.25, -0.2) is 9.98 Å². The van der Waals surface area contributed by atoms with Crippen LogP contribution in [-0.2, 0) is 20.1 Å². The van der Waals surface area contributed by atoms with Gasteiger partial charge in [0.05, 0.1) is 20.2 Å². The predicted octanol–water partition coefficient (Wildman–Crippen LogP) is 4.44. The lowest BCUT2D eigenvalue weighted by molar-refractivity contribution is 0.407. The molecule has 0 radical (unpaired) electrons. The van der Waals surface area contributed by atoms with Crippen molar-refractivity contribution in [1.29, 1.82) is 0 Å². The molecule has 0 amide bonds. The quantitative estimate of drug-likeness (QED) is 0.263. The van der Waals surface area contributed by atoms with Crippen LogP contribution in [0, 0.1) is 0 Å². The lowest BCUT2D eigenvalue weighted by Crippen LogP contribution is -2.38. The second-order valence-electron chi connectivity index (χ2n) is 6.92. The van der Waals surface area contributed by atoms with E-state index in [1.54, 1.807) is 13.3 Å². The molecule has 3 aromatic rings. The summed E-state index contributed by atoms with van der Waals surface area (Å²) in [6.45, 7) is 4.19. The topological polar surface area (TPSA) is 63.9 Å². The van der Waals surface area contributed by atoms with Crippen molar-refractivity contribution in [2.75, 3.05) is 20.7 Å². The first-order chi connectivity index (χ1) is 14.6. The first-order valence-electron chi connectivity index (χ1n) is 9.95. The van der Waals surface area contributed by atoms with E-state index < -0.39 is 0 Å². The fourth-order valence-electron chi connectivity index (χ4n) is 2.96. The number of ether oxygens (including phenoxy) is 2. The zero-order valence-corrected chi connectivity index (χ0v) is 20.7. The zero-order valence-electron chi connectivity index (χ0n) is 18.4. The molecule has 0 atom stereocenters. The van der Waals surface area contributed by atoms with Crippen LogP contribution in [0.5, 0.6) is 17.4 Å². The minimum atomic E-state index is 0. The second kappa shape index (κ2) is 12.2.